The Morgan fingerprint density at radius 1 is 0.968 bits per heavy atom. The molecule has 0 aliphatic rings. The molecule has 31 heavy (non-hydrogen) atoms. The minimum absolute atomic E-state index is 0.0467. The molecule has 0 saturated heterocycles. The van der Waals surface area contributed by atoms with E-state index in [4.69, 9.17) is 27.9 Å². The van der Waals surface area contributed by atoms with Gasteiger partial charge in [-0.05, 0) is 74.0 Å². The second-order valence-corrected chi connectivity index (χ2v) is 9.33. The summed E-state index contributed by atoms with van der Waals surface area (Å²) in [6, 6.07) is 17.4. The summed E-state index contributed by atoms with van der Waals surface area (Å²) < 4.78 is 33.3. The normalized spacial score (nSPS) is 12.1. The third-order valence-electron chi connectivity index (χ3n) is 4.33. The van der Waals surface area contributed by atoms with Crippen molar-refractivity contribution in [3.8, 4) is 5.75 Å². The maximum Gasteiger partial charge on any atom is 0.265 e. The molecule has 0 fully saturated rings. The zero-order chi connectivity index (χ0) is 22.6. The Balaban J connectivity index is 1.64. The molecule has 0 saturated carbocycles. The highest BCUT2D eigenvalue weighted by Crippen LogP contribution is 2.23. The van der Waals surface area contributed by atoms with Crippen LogP contribution in [0.4, 0.5) is 11.4 Å². The Hall–Kier alpha value is -2.74. The molecule has 0 bridgehead atoms. The first-order valence-electron chi connectivity index (χ1n) is 9.26. The molecule has 0 aliphatic heterocycles. The van der Waals surface area contributed by atoms with Crippen LogP contribution < -0.4 is 14.8 Å². The molecule has 1 amide bonds. The lowest BCUT2D eigenvalue weighted by molar-refractivity contribution is -0.122. The van der Waals surface area contributed by atoms with Crippen LogP contribution in [-0.2, 0) is 14.8 Å². The number of anilines is 2. The van der Waals surface area contributed by atoms with Gasteiger partial charge in [-0.25, -0.2) is 8.42 Å². The highest BCUT2D eigenvalue weighted by molar-refractivity contribution is 7.92. The molecule has 162 valence electrons. The molecule has 3 aromatic carbocycles. The quantitative estimate of drug-likeness (QED) is 0.468. The minimum atomic E-state index is -3.81. The second kappa shape index (κ2) is 9.60. The zero-order valence-corrected chi connectivity index (χ0v) is 19.1. The molecule has 0 heterocycles. The number of sulfonamides is 1. The first-order chi connectivity index (χ1) is 14.6. The average molecular weight is 479 g/mol. The molecule has 1 atom stereocenters. The number of hydrogen-bond acceptors (Lipinski definition) is 4. The van der Waals surface area contributed by atoms with Crippen LogP contribution >= 0.6 is 23.2 Å². The van der Waals surface area contributed by atoms with Crippen LogP contribution in [0.15, 0.2) is 71.6 Å². The number of carbonyl (C=O) groups excluding carboxylic acids is 1. The first kappa shape index (κ1) is 22.9. The van der Waals surface area contributed by atoms with Crippen molar-refractivity contribution in [2.75, 3.05) is 10.0 Å². The van der Waals surface area contributed by atoms with Gasteiger partial charge in [-0.15, -0.1) is 0 Å². The maximum absolute atomic E-state index is 12.6. The topological polar surface area (TPSA) is 84.5 Å². The van der Waals surface area contributed by atoms with E-state index in [1.165, 1.54) is 24.3 Å². The number of nitrogens with one attached hydrogen (secondary N) is 2. The summed E-state index contributed by atoms with van der Waals surface area (Å²) in [5, 5.41) is 3.66. The fraction of sp³-hybridized carbons (Fsp3) is 0.136. The van der Waals surface area contributed by atoms with Gasteiger partial charge in [0.1, 0.15) is 5.75 Å². The number of rotatable bonds is 7. The largest absolute Gasteiger partial charge is 0.481 e. The predicted molar refractivity (Wildman–Crippen MR) is 124 cm³/mol. The SMILES string of the molecule is Cc1ccc(NS(=O)(=O)c2ccc(NC(=O)[C@@H](C)Oc3cccc(Cl)c3)cc2)cc1Cl. The molecular weight excluding hydrogens is 459 g/mol. The number of aryl methyl sites for hydroxylation is 1. The van der Waals surface area contributed by atoms with E-state index >= 15 is 0 Å². The lowest BCUT2D eigenvalue weighted by Crippen LogP contribution is -2.30. The van der Waals surface area contributed by atoms with E-state index in [1.54, 1.807) is 49.4 Å². The molecule has 0 radical (unpaired) electrons. The third kappa shape index (κ3) is 6.13. The van der Waals surface area contributed by atoms with Gasteiger partial charge in [0.15, 0.2) is 6.10 Å². The molecule has 0 aliphatic carbocycles. The Kier molecular flexibility index (Phi) is 7.10. The van der Waals surface area contributed by atoms with Crippen LogP contribution in [0.5, 0.6) is 5.75 Å². The maximum atomic E-state index is 12.6. The van der Waals surface area contributed by atoms with Crippen LogP contribution in [-0.4, -0.2) is 20.4 Å². The summed E-state index contributed by atoms with van der Waals surface area (Å²) in [7, 11) is -3.81. The summed E-state index contributed by atoms with van der Waals surface area (Å²) in [4.78, 5) is 12.4. The van der Waals surface area contributed by atoms with Crippen LogP contribution in [0.2, 0.25) is 10.0 Å². The van der Waals surface area contributed by atoms with Gasteiger partial charge in [-0.1, -0.05) is 35.3 Å². The fourth-order valence-electron chi connectivity index (χ4n) is 2.63. The highest BCUT2D eigenvalue weighted by Gasteiger charge is 2.17. The molecule has 9 heteroatoms. The van der Waals surface area contributed by atoms with Crippen LogP contribution in [0.3, 0.4) is 0 Å². The Morgan fingerprint density at radius 3 is 2.29 bits per heavy atom. The second-order valence-electron chi connectivity index (χ2n) is 6.80. The number of amides is 1. The van der Waals surface area contributed by atoms with Crippen LogP contribution in [0.25, 0.3) is 0 Å². The minimum Gasteiger partial charge on any atom is -0.481 e. The van der Waals surface area contributed by atoms with Gasteiger partial charge in [0.05, 0.1) is 10.6 Å². The summed E-state index contributed by atoms with van der Waals surface area (Å²) in [5.74, 6) is 0.0851. The number of halogens is 2. The van der Waals surface area contributed by atoms with Crippen molar-refractivity contribution in [2.45, 2.75) is 24.8 Å². The van der Waals surface area contributed by atoms with Gasteiger partial charge >= 0.3 is 0 Å². The van der Waals surface area contributed by atoms with Gasteiger partial charge in [0.2, 0.25) is 0 Å². The van der Waals surface area contributed by atoms with E-state index in [0.717, 1.165) is 5.56 Å². The molecule has 0 unspecified atom stereocenters. The number of hydrogen-bond donors (Lipinski definition) is 2. The number of benzene rings is 3. The summed E-state index contributed by atoms with van der Waals surface area (Å²) in [6.45, 7) is 3.43. The van der Waals surface area contributed by atoms with E-state index in [1.807, 2.05) is 6.92 Å². The molecule has 2 N–H and O–H groups in total. The van der Waals surface area contributed by atoms with Crippen molar-refractivity contribution in [1.82, 2.24) is 0 Å². The van der Waals surface area contributed by atoms with Crippen LogP contribution in [0.1, 0.15) is 12.5 Å². The van der Waals surface area contributed by atoms with Gasteiger partial charge < -0.3 is 10.1 Å². The fourth-order valence-corrected chi connectivity index (χ4v) is 4.04. The molecule has 6 nitrogen and oxygen atoms in total. The van der Waals surface area contributed by atoms with E-state index in [2.05, 4.69) is 10.0 Å². The smallest absolute Gasteiger partial charge is 0.265 e. The zero-order valence-electron chi connectivity index (χ0n) is 16.7. The van der Waals surface area contributed by atoms with Crippen molar-refractivity contribution in [1.29, 1.82) is 0 Å². The van der Waals surface area contributed by atoms with E-state index < -0.39 is 16.1 Å². The van der Waals surface area contributed by atoms with E-state index in [0.29, 0.717) is 27.2 Å². The molecule has 3 aromatic rings. The van der Waals surface area contributed by atoms with E-state index in [9.17, 15) is 13.2 Å². The highest BCUT2D eigenvalue weighted by atomic mass is 35.5. The Morgan fingerprint density at radius 2 is 1.65 bits per heavy atom. The van der Waals surface area contributed by atoms with Gasteiger partial charge in [-0.3, -0.25) is 9.52 Å². The number of ether oxygens (including phenoxy) is 1. The predicted octanol–water partition coefficient (Wildman–Crippen LogP) is 5.51. The van der Waals surface area contributed by atoms with Crippen molar-refractivity contribution in [3.63, 3.8) is 0 Å². The van der Waals surface area contributed by atoms with E-state index in [-0.39, 0.29) is 10.8 Å². The molecule has 0 aromatic heterocycles. The van der Waals surface area contributed by atoms with Crippen molar-refractivity contribution < 1.29 is 17.9 Å². The molecule has 3 rings (SSSR count). The average Bonchev–Trinajstić information content (AvgIpc) is 2.71. The van der Waals surface area contributed by atoms with Crippen molar-refractivity contribution in [3.05, 3.63) is 82.3 Å². The summed E-state index contributed by atoms with van der Waals surface area (Å²) in [6.07, 6.45) is -0.783. The lowest BCUT2D eigenvalue weighted by Gasteiger charge is -2.15. The van der Waals surface area contributed by atoms with Crippen molar-refractivity contribution in [2.24, 2.45) is 0 Å². The monoisotopic (exact) mass is 478 g/mol. The van der Waals surface area contributed by atoms with Gasteiger partial charge in [-0.2, -0.15) is 0 Å². The van der Waals surface area contributed by atoms with Crippen LogP contribution in [0, 0.1) is 6.92 Å². The molecular formula is C22H20Cl2N2O4S. The standard InChI is InChI=1S/C22H20Cl2N2O4S/c1-14-6-7-18(13-21(14)24)26-31(28,29)20-10-8-17(9-11-20)25-22(27)15(2)30-19-5-3-4-16(23)12-19/h3-13,15,26H,1-2H3,(H,25,27)/t15-/m1/s1. The van der Waals surface area contributed by atoms with Gasteiger partial charge in [0.25, 0.3) is 15.9 Å². The number of carbonyl (C=O) groups is 1. The Bertz CT molecular complexity index is 1200. The third-order valence-corrected chi connectivity index (χ3v) is 6.37. The molecule has 0 spiro atoms. The summed E-state index contributed by atoms with van der Waals surface area (Å²) >= 11 is 12.0. The summed E-state index contributed by atoms with van der Waals surface area (Å²) in [5.41, 5.74) is 1.64. The first-order valence-corrected chi connectivity index (χ1v) is 11.5. The lowest BCUT2D eigenvalue weighted by atomic mass is 10.2. The van der Waals surface area contributed by atoms with Gasteiger partial charge in [0, 0.05) is 15.7 Å². The Labute approximate surface area is 191 Å². The van der Waals surface area contributed by atoms with Crippen molar-refractivity contribution >= 4 is 50.5 Å².